The lowest BCUT2D eigenvalue weighted by Gasteiger charge is -2.15. The van der Waals surface area contributed by atoms with Crippen LogP contribution in [-0.2, 0) is 21.4 Å². The number of hydrogen-bond donors (Lipinski definition) is 2. The number of amides is 1. The van der Waals surface area contributed by atoms with Gasteiger partial charge in [0.25, 0.3) is 5.91 Å². The Morgan fingerprint density at radius 2 is 1.89 bits per heavy atom. The van der Waals surface area contributed by atoms with Crippen LogP contribution in [0, 0.1) is 6.92 Å². The van der Waals surface area contributed by atoms with Gasteiger partial charge >= 0.3 is 0 Å². The molecule has 3 rings (SSSR count). The molecule has 1 unspecified atom stereocenters. The van der Waals surface area contributed by atoms with Gasteiger partial charge in [-0.05, 0) is 68.1 Å². The molecular formula is C20H23ClN2O4S. The van der Waals surface area contributed by atoms with Crippen molar-refractivity contribution in [2.75, 3.05) is 0 Å². The SMILES string of the molecule is Cc1cc(OC(C)C(=O)NCc2ccc(S(=O)(=O)NC3CC3)cc2)ccc1Cl. The van der Waals surface area contributed by atoms with Gasteiger partial charge in [0, 0.05) is 17.6 Å². The monoisotopic (exact) mass is 422 g/mol. The highest BCUT2D eigenvalue weighted by Crippen LogP contribution is 2.23. The van der Waals surface area contributed by atoms with Gasteiger partial charge in [-0.1, -0.05) is 23.7 Å². The summed E-state index contributed by atoms with van der Waals surface area (Å²) >= 11 is 5.99. The first kappa shape index (κ1) is 20.6. The molecule has 0 aliphatic heterocycles. The lowest BCUT2D eigenvalue weighted by Crippen LogP contribution is -2.35. The van der Waals surface area contributed by atoms with Crippen LogP contribution >= 0.6 is 11.6 Å². The van der Waals surface area contributed by atoms with E-state index in [-0.39, 0.29) is 23.4 Å². The van der Waals surface area contributed by atoms with Crippen molar-refractivity contribution in [2.24, 2.45) is 0 Å². The fourth-order valence-corrected chi connectivity index (χ4v) is 3.98. The third-order valence-electron chi connectivity index (χ3n) is 4.41. The Balaban J connectivity index is 1.52. The third-order valence-corrected chi connectivity index (χ3v) is 6.37. The molecule has 0 spiro atoms. The number of carbonyl (C=O) groups is 1. The maximum Gasteiger partial charge on any atom is 0.261 e. The first-order chi connectivity index (χ1) is 13.2. The highest BCUT2D eigenvalue weighted by Gasteiger charge is 2.27. The number of nitrogens with one attached hydrogen (secondary N) is 2. The first-order valence-electron chi connectivity index (χ1n) is 9.06. The Hall–Kier alpha value is -2.09. The van der Waals surface area contributed by atoms with E-state index in [2.05, 4.69) is 10.0 Å². The quantitative estimate of drug-likeness (QED) is 0.684. The minimum atomic E-state index is -3.47. The van der Waals surface area contributed by atoms with E-state index in [0.29, 0.717) is 10.8 Å². The zero-order valence-electron chi connectivity index (χ0n) is 15.7. The van der Waals surface area contributed by atoms with Gasteiger partial charge in [0.2, 0.25) is 10.0 Å². The molecule has 28 heavy (non-hydrogen) atoms. The van der Waals surface area contributed by atoms with Gasteiger partial charge in [-0.25, -0.2) is 13.1 Å². The number of ether oxygens (including phenoxy) is 1. The van der Waals surface area contributed by atoms with Gasteiger partial charge in [-0.15, -0.1) is 0 Å². The molecule has 2 N–H and O–H groups in total. The Morgan fingerprint density at radius 3 is 2.50 bits per heavy atom. The zero-order valence-corrected chi connectivity index (χ0v) is 17.3. The number of hydrogen-bond acceptors (Lipinski definition) is 4. The molecule has 0 aromatic heterocycles. The lowest BCUT2D eigenvalue weighted by molar-refractivity contribution is -0.127. The first-order valence-corrected chi connectivity index (χ1v) is 10.9. The van der Waals surface area contributed by atoms with Gasteiger partial charge in [0.1, 0.15) is 5.75 Å². The summed E-state index contributed by atoms with van der Waals surface area (Å²) in [4.78, 5) is 12.5. The predicted molar refractivity (Wildman–Crippen MR) is 108 cm³/mol. The number of carbonyl (C=O) groups excluding carboxylic acids is 1. The summed E-state index contributed by atoms with van der Waals surface area (Å²) in [5, 5.41) is 3.43. The van der Waals surface area contributed by atoms with E-state index < -0.39 is 16.1 Å². The molecule has 8 heteroatoms. The van der Waals surface area contributed by atoms with Gasteiger partial charge < -0.3 is 10.1 Å². The maximum atomic E-state index is 12.3. The topological polar surface area (TPSA) is 84.5 Å². The van der Waals surface area contributed by atoms with Crippen LogP contribution in [0.1, 0.15) is 30.9 Å². The smallest absolute Gasteiger partial charge is 0.261 e. The Labute approximate surface area is 170 Å². The van der Waals surface area contributed by atoms with Crippen molar-refractivity contribution in [3.63, 3.8) is 0 Å². The van der Waals surface area contributed by atoms with Crippen LogP contribution in [0.4, 0.5) is 0 Å². The molecule has 1 saturated carbocycles. The molecule has 1 aliphatic rings. The summed E-state index contributed by atoms with van der Waals surface area (Å²) < 4.78 is 32.6. The normalized spacial score (nSPS) is 15.1. The van der Waals surface area contributed by atoms with E-state index in [4.69, 9.17) is 16.3 Å². The van der Waals surface area contributed by atoms with Crippen LogP contribution in [0.5, 0.6) is 5.75 Å². The summed E-state index contributed by atoms with van der Waals surface area (Å²) in [5.41, 5.74) is 1.67. The molecule has 1 amide bonds. The van der Waals surface area contributed by atoms with Crippen molar-refractivity contribution in [3.8, 4) is 5.75 Å². The minimum absolute atomic E-state index is 0.0647. The van der Waals surface area contributed by atoms with Crippen LogP contribution in [0.25, 0.3) is 0 Å². The molecule has 0 heterocycles. The van der Waals surface area contributed by atoms with Crippen LogP contribution in [0.3, 0.4) is 0 Å². The lowest BCUT2D eigenvalue weighted by atomic mass is 10.2. The largest absolute Gasteiger partial charge is 0.481 e. The summed E-state index contributed by atoms with van der Waals surface area (Å²) in [5.74, 6) is 0.307. The predicted octanol–water partition coefficient (Wildman–Crippen LogP) is 3.17. The van der Waals surface area contributed by atoms with Gasteiger partial charge in [0.05, 0.1) is 4.90 Å². The molecule has 1 atom stereocenters. The van der Waals surface area contributed by atoms with Crippen LogP contribution in [0.2, 0.25) is 5.02 Å². The Kier molecular flexibility index (Phi) is 6.27. The molecule has 2 aromatic rings. The summed E-state index contributed by atoms with van der Waals surface area (Å²) in [6.45, 7) is 3.81. The summed E-state index contributed by atoms with van der Waals surface area (Å²) in [6.07, 6.45) is 1.10. The molecule has 1 aliphatic carbocycles. The fourth-order valence-electron chi connectivity index (χ4n) is 2.56. The second-order valence-corrected chi connectivity index (χ2v) is 9.05. The second-order valence-electron chi connectivity index (χ2n) is 6.93. The van der Waals surface area contributed by atoms with Crippen LogP contribution in [0.15, 0.2) is 47.4 Å². The highest BCUT2D eigenvalue weighted by atomic mass is 35.5. The van der Waals surface area contributed by atoms with Gasteiger partial charge in [-0.3, -0.25) is 4.79 Å². The van der Waals surface area contributed by atoms with Crippen molar-refractivity contribution in [3.05, 3.63) is 58.6 Å². The molecule has 1 fully saturated rings. The Bertz CT molecular complexity index is 957. The fraction of sp³-hybridized carbons (Fsp3) is 0.350. The Morgan fingerprint density at radius 1 is 1.21 bits per heavy atom. The van der Waals surface area contributed by atoms with E-state index in [1.807, 2.05) is 6.92 Å². The number of benzene rings is 2. The average Bonchev–Trinajstić information content (AvgIpc) is 3.46. The number of rotatable bonds is 8. The standard InChI is InChI=1S/C20H23ClN2O4S/c1-13-11-17(7-10-19(13)21)27-14(2)20(24)22-12-15-3-8-18(9-4-15)28(25,26)23-16-5-6-16/h3-4,7-11,14,16,23H,5-6,12H2,1-2H3,(H,22,24). The minimum Gasteiger partial charge on any atom is -0.481 e. The van der Waals surface area contributed by atoms with E-state index >= 15 is 0 Å². The molecule has 2 aromatic carbocycles. The molecule has 0 saturated heterocycles. The summed E-state index contributed by atoms with van der Waals surface area (Å²) in [6, 6.07) is 11.8. The van der Waals surface area contributed by atoms with E-state index in [1.165, 1.54) is 0 Å². The zero-order chi connectivity index (χ0) is 20.3. The third kappa shape index (κ3) is 5.47. The number of aryl methyl sites for hydroxylation is 1. The molecule has 0 radical (unpaired) electrons. The molecule has 6 nitrogen and oxygen atoms in total. The molecule has 0 bridgehead atoms. The van der Waals surface area contributed by atoms with Crippen LogP contribution < -0.4 is 14.8 Å². The van der Waals surface area contributed by atoms with Crippen molar-refractivity contribution in [2.45, 2.75) is 50.3 Å². The number of halogens is 1. The second kappa shape index (κ2) is 8.51. The maximum absolute atomic E-state index is 12.3. The molecule has 150 valence electrons. The number of sulfonamides is 1. The van der Waals surface area contributed by atoms with Crippen LogP contribution in [-0.4, -0.2) is 26.5 Å². The van der Waals surface area contributed by atoms with Gasteiger partial charge in [0.15, 0.2) is 6.10 Å². The average molecular weight is 423 g/mol. The van der Waals surface area contributed by atoms with Crippen molar-refractivity contribution < 1.29 is 17.9 Å². The van der Waals surface area contributed by atoms with Crippen molar-refractivity contribution in [1.82, 2.24) is 10.0 Å². The van der Waals surface area contributed by atoms with Gasteiger partial charge in [-0.2, -0.15) is 0 Å². The van der Waals surface area contributed by atoms with E-state index in [9.17, 15) is 13.2 Å². The van der Waals surface area contributed by atoms with Crippen molar-refractivity contribution in [1.29, 1.82) is 0 Å². The van der Waals surface area contributed by atoms with E-state index in [1.54, 1.807) is 49.4 Å². The summed E-state index contributed by atoms with van der Waals surface area (Å²) in [7, 11) is -3.47. The molecular weight excluding hydrogens is 400 g/mol. The highest BCUT2D eigenvalue weighted by molar-refractivity contribution is 7.89. The van der Waals surface area contributed by atoms with Crippen molar-refractivity contribution >= 4 is 27.5 Å². The van der Waals surface area contributed by atoms with E-state index in [0.717, 1.165) is 24.0 Å².